The smallest absolute Gasteiger partial charge is 0.317 e. The molecule has 2 aliphatic heterocycles. The van der Waals surface area contributed by atoms with Gasteiger partial charge in [-0.2, -0.15) is 0 Å². The Kier molecular flexibility index (Phi) is 15.1. The van der Waals surface area contributed by atoms with Gasteiger partial charge in [-0.15, -0.1) is 0 Å². The quantitative estimate of drug-likeness (QED) is 0.0630. The summed E-state index contributed by atoms with van der Waals surface area (Å²) in [5, 5.41) is 22.3. The molecule has 12 saturated carbocycles. The van der Waals surface area contributed by atoms with E-state index in [0.717, 1.165) is 51.4 Å². The molecule has 2 saturated heterocycles. The number of esters is 8. The molecule has 0 aromatic carbocycles. The van der Waals surface area contributed by atoms with Gasteiger partial charge in [-0.1, -0.05) is 27.7 Å². The molecule has 14 aliphatic rings. The van der Waals surface area contributed by atoms with E-state index in [1.807, 2.05) is 55.4 Å². The number of hydrogen-bond acceptors (Lipinski definition) is 16. The van der Waals surface area contributed by atoms with Crippen molar-refractivity contribution in [2.75, 3.05) is 13.2 Å². The average Bonchev–Trinajstić information content (AvgIpc) is 1.55. The molecule has 0 aromatic heterocycles. The highest BCUT2D eigenvalue weighted by atomic mass is 16.6. The van der Waals surface area contributed by atoms with Crippen LogP contribution in [-0.4, -0.2) is 94.3 Å². The van der Waals surface area contributed by atoms with Crippen LogP contribution < -0.4 is 0 Å². The van der Waals surface area contributed by atoms with Crippen LogP contribution >= 0.6 is 0 Å². The molecule has 0 aromatic rings. The van der Waals surface area contributed by atoms with Crippen molar-refractivity contribution in [3.05, 3.63) is 0 Å². The third kappa shape index (κ3) is 9.56. The summed E-state index contributed by atoms with van der Waals surface area (Å²) in [7, 11) is 0. The number of rotatable bonds is 16. The summed E-state index contributed by atoms with van der Waals surface area (Å²) in [5.41, 5.74) is -1.39. The van der Waals surface area contributed by atoms with Crippen molar-refractivity contribution in [3.8, 4) is 0 Å². The molecular weight excluding hydrogens is 1140 g/mol. The monoisotopic (exact) mass is 1240 g/mol. The molecule has 18 nitrogen and oxygen atoms in total. The average molecular weight is 1240 g/mol. The summed E-state index contributed by atoms with van der Waals surface area (Å²) in [6.07, 6.45) is 10.2. The van der Waals surface area contributed by atoms with Crippen molar-refractivity contribution in [2.24, 2.45) is 201 Å². The lowest BCUT2D eigenvalue weighted by Gasteiger charge is -2.51. The van der Waals surface area contributed by atoms with Crippen LogP contribution in [0, 0.1) is 201 Å². The van der Waals surface area contributed by atoms with Crippen LogP contribution in [0.4, 0.5) is 0 Å². The maximum Gasteiger partial charge on any atom is 0.317 e. The highest BCUT2D eigenvalue weighted by molar-refractivity contribution is 5.97. The second-order valence-corrected chi connectivity index (χ2v) is 33.9. The summed E-state index contributed by atoms with van der Waals surface area (Å²) in [6, 6.07) is 0. The van der Waals surface area contributed by atoms with E-state index in [1.165, 1.54) is 0 Å². The van der Waals surface area contributed by atoms with Gasteiger partial charge in [0.2, 0.25) is 0 Å². The van der Waals surface area contributed by atoms with Crippen LogP contribution in [0.3, 0.4) is 0 Å². The maximum absolute atomic E-state index is 14.4. The number of hydrogen-bond donors (Lipinski definition) is 2. The molecule has 0 amide bonds. The third-order valence-electron chi connectivity index (χ3n) is 28.3. The van der Waals surface area contributed by atoms with Crippen LogP contribution in [0.25, 0.3) is 0 Å². The Morgan fingerprint density at radius 3 is 1.07 bits per heavy atom. The molecule has 34 unspecified atom stereocenters. The zero-order chi connectivity index (χ0) is 63.3. The Morgan fingerprint density at radius 1 is 0.393 bits per heavy atom. The van der Waals surface area contributed by atoms with Gasteiger partial charge in [-0.3, -0.25) is 47.9 Å². The molecule has 34 atom stereocenters. The highest BCUT2D eigenvalue weighted by Gasteiger charge is 2.74. The zero-order valence-corrected chi connectivity index (χ0v) is 53.7. The van der Waals surface area contributed by atoms with E-state index in [-0.39, 0.29) is 174 Å². The molecule has 2 N–H and O–H groups in total. The maximum atomic E-state index is 14.4. The number of fused-ring (bicyclic) bond motifs is 12. The van der Waals surface area contributed by atoms with E-state index in [9.17, 15) is 58.2 Å². The van der Waals surface area contributed by atoms with Gasteiger partial charge in [0.15, 0.2) is 0 Å². The number of carboxylic acid groups (broad SMARTS) is 2. The molecular formula is C71H96O18. The number of aliphatic carboxylic acids is 2. The fraction of sp³-hybridized carbons (Fsp3) is 0.859. The lowest BCUT2D eigenvalue weighted by atomic mass is 9.53. The Morgan fingerprint density at radius 2 is 0.742 bits per heavy atom. The summed E-state index contributed by atoms with van der Waals surface area (Å²) in [5.74, 6) is -12.1. The predicted molar refractivity (Wildman–Crippen MR) is 312 cm³/mol. The fourth-order valence-corrected chi connectivity index (χ4v) is 26.3. The topological polar surface area (TPSA) is 267 Å². The first-order valence-electron chi connectivity index (χ1n) is 34.8. The largest absolute Gasteiger partial charge is 0.481 e. The van der Waals surface area contributed by atoms with Crippen molar-refractivity contribution in [1.29, 1.82) is 0 Å². The minimum Gasteiger partial charge on any atom is -0.481 e. The van der Waals surface area contributed by atoms with Gasteiger partial charge in [0.05, 0.1) is 72.4 Å². The van der Waals surface area contributed by atoms with Gasteiger partial charge in [0.1, 0.15) is 11.2 Å². The Bertz CT molecular complexity index is 2780. The summed E-state index contributed by atoms with van der Waals surface area (Å²) < 4.78 is 34.7. The molecule has 488 valence electrons. The van der Waals surface area contributed by atoms with Crippen LogP contribution in [0.1, 0.15) is 153 Å². The minimum absolute atomic E-state index is 0.0338. The first-order valence-corrected chi connectivity index (χ1v) is 34.8. The fourth-order valence-electron chi connectivity index (χ4n) is 26.3. The Labute approximate surface area is 522 Å². The standard InChI is InChI=1S/C71H96O18/c1-26-36-24-42(44(26)54-38-20-34(22-40(38)64(78)88-70(5,6)7)52(54)50-32-14-12-30(18-32)48(50)46-28(3)62(76)86-68(46)82)56(60(72)73)58(36)66(80)84-16-11-17-85-67(81)59-37-25-43(57(59)61(74)75)45(27(37)2)55-39-21-35(23-41(39)65(79)89-71(8,9)10)53(55)51-33-15-13-31(19-33)49(51)47-29(4)63(77)87-69(47)83/h26-59H,11-25H2,1-10H3,(H,72,73)(H,74,75). The van der Waals surface area contributed by atoms with Crippen LogP contribution in [0.5, 0.6) is 0 Å². The molecule has 18 heteroatoms. The Hall–Kier alpha value is -4.90. The lowest BCUT2D eigenvalue weighted by Crippen LogP contribution is -2.51. The van der Waals surface area contributed by atoms with E-state index < -0.39 is 106 Å². The van der Waals surface area contributed by atoms with Gasteiger partial charge in [-0.05, 0) is 261 Å². The van der Waals surface area contributed by atoms with Gasteiger partial charge < -0.3 is 38.6 Å². The molecule has 2 heterocycles. The van der Waals surface area contributed by atoms with Gasteiger partial charge in [-0.25, -0.2) is 0 Å². The second-order valence-electron chi connectivity index (χ2n) is 33.9. The number of carboxylic acids is 2. The van der Waals surface area contributed by atoms with Crippen LogP contribution in [-0.2, 0) is 76.4 Å². The first kappa shape index (κ1) is 61.6. The molecule has 89 heavy (non-hydrogen) atoms. The lowest BCUT2D eigenvalue weighted by molar-refractivity contribution is -0.169. The number of carbonyl (C=O) groups is 10. The second kappa shape index (κ2) is 21.9. The van der Waals surface area contributed by atoms with Crippen molar-refractivity contribution in [3.63, 3.8) is 0 Å². The number of cyclic esters (lactones) is 4. The SMILES string of the molecule is CC1C(=O)OC(=O)C1C1C2CCC(C2)C1C1C2CC(C(=O)OC(C)(C)C)C(C2)C1C1C(C)C2CC1C(C(=O)O)C2C(=O)OCCCOC(=O)C1C2CC(C1C(=O)O)C(C1C3CC(CC3C(=O)OC(C)(C)C)C1C1C3CCC(C3)C1C1C(=O)OC(=O)C1C)C2C. The molecule has 0 spiro atoms. The molecule has 0 radical (unpaired) electrons. The van der Waals surface area contributed by atoms with Crippen molar-refractivity contribution in [1.82, 2.24) is 0 Å². The summed E-state index contributed by atoms with van der Waals surface area (Å²) in [4.78, 5) is 138. The third-order valence-corrected chi connectivity index (χ3v) is 28.3. The van der Waals surface area contributed by atoms with E-state index in [0.29, 0.717) is 37.5 Å². The normalized spacial score (nSPS) is 50.1. The van der Waals surface area contributed by atoms with E-state index in [1.54, 1.807) is 0 Å². The van der Waals surface area contributed by atoms with Crippen molar-refractivity contribution < 1.29 is 86.6 Å². The van der Waals surface area contributed by atoms with Crippen LogP contribution in [0.15, 0.2) is 0 Å². The molecule has 12 bridgehead atoms. The summed E-state index contributed by atoms with van der Waals surface area (Å²) >= 11 is 0. The molecule has 14 fully saturated rings. The first-order chi connectivity index (χ1) is 42.0. The van der Waals surface area contributed by atoms with Gasteiger partial charge in [0.25, 0.3) is 0 Å². The summed E-state index contributed by atoms with van der Waals surface area (Å²) in [6.45, 7) is 18.8. The zero-order valence-electron chi connectivity index (χ0n) is 53.7. The predicted octanol–water partition coefficient (Wildman–Crippen LogP) is 9.36. The van der Waals surface area contributed by atoms with Crippen LogP contribution in [0.2, 0.25) is 0 Å². The van der Waals surface area contributed by atoms with Gasteiger partial charge in [0, 0.05) is 6.42 Å². The Balaban J connectivity index is 0.652. The van der Waals surface area contributed by atoms with Crippen molar-refractivity contribution in [2.45, 2.75) is 164 Å². The van der Waals surface area contributed by atoms with Gasteiger partial charge >= 0.3 is 59.7 Å². The number of ether oxygens (including phenoxy) is 6. The van der Waals surface area contributed by atoms with E-state index in [2.05, 4.69) is 13.8 Å². The molecule has 14 rings (SSSR count). The number of carbonyl (C=O) groups excluding carboxylic acids is 8. The highest BCUT2D eigenvalue weighted by Crippen LogP contribution is 2.75. The van der Waals surface area contributed by atoms with E-state index in [4.69, 9.17) is 28.4 Å². The molecule has 12 aliphatic carbocycles. The van der Waals surface area contributed by atoms with Crippen molar-refractivity contribution >= 4 is 59.7 Å². The minimum atomic E-state index is -1.06. The van der Waals surface area contributed by atoms with E-state index >= 15 is 0 Å².